The van der Waals surface area contributed by atoms with Crippen molar-refractivity contribution in [3.63, 3.8) is 0 Å². The molecule has 0 aliphatic carbocycles. The molecule has 0 saturated heterocycles. The largest absolute Gasteiger partial charge is 0.453 e. The van der Waals surface area contributed by atoms with Gasteiger partial charge in [0.1, 0.15) is 5.75 Å². The summed E-state index contributed by atoms with van der Waals surface area (Å²) in [4.78, 5) is 0. The Hall–Kier alpha value is -0.910. The molecule has 1 unspecified atom stereocenters. The lowest BCUT2D eigenvalue weighted by Crippen LogP contribution is -1.93. The Balaban J connectivity index is 2.28. The highest BCUT2D eigenvalue weighted by atomic mass is 79.9. The summed E-state index contributed by atoms with van der Waals surface area (Å²) in [6, 6.07) is 9.77. The summed E-state index contributed by atoms with van der Waals surface area (Å²) in [7, 11) is 0. The van der Waals surface area contributed by atoms with Gasteiger partial charge in [0.05, 0.1) is 10.6 Å². The molecule has 0 aromatic heterocycles. The third-order valence-electron chi connectivity index (χ3n) is 2.55. The maximum atomic E-state index is 13.7. The summed E-state index contributed by atoms with van der Waals surface area (Å²) in [5.41, 5.74) is 0.760. The van der Waals surface area contributed by atoms with E-state index >= 15 is 0 Å². The van der Waals surface area contributed by atoms with Gasteiger partial charge in [0, 0.05) is 4.47 Å². The summed E-state index contributed by atoms with van der Waals surface area (Å²) in [6.07, 6.45) is -0.560. The Morgan fingerprint density at radius 3 is 2.37 bits per heavy atom. The van der Waals surface area contributed by atoms with Gasteiger partial charge in [0.15, 0.2) is 11.6 Å². The summed E-state index contributed by atoms with van der Waals surface area (Å²) >= 11 is 6.53. The second kappa shape index (κ2) is 6.03. The Kier molecular flexibility index (Phi) is 4.60. The number of aliphatic hydroxyl groups is 1. The fourth-order valence-corrected chi connectivity index (χ4v) is 2.35. The van der Waals surface area contributed by atoms with E-state index in [1.807, 2.05) is 0 Å². The van der Waals surface area contributed by atoms with Crippen LogP contribution in [0.4, 0.5) is 4.39 Å². The van der Waals surface area contributed by atoms with Gasteiger partial charge in [-0.2, -0.15) is 0 Å². The lowest BCUT2D eigenvalue weighted by Gasteiger charge is -2.11. The molecule has 2 rings (SSSR count). The van der Waals surface area contributed by atoms with Crippen LogP contribution in [-0.2, 0) is 0 Å². The maximum Gasteiger partial charge on any atom is 0.166 e. The van der Waals surface area contributed by atoms with E-state index in [2.05, 4.69) is 31.9 Å². The van der Waals surface area contributed by atoms with Crippen molar-refractivity contribution in [2.45, 2.75) is 13.0 Å². The fraction of sp³-hybridized carbons (Fsp3) is 0.143. The van der Waals surface area contributed by atoms with Crippen molar-refractivity contribution in [3.05, 3.63) is 56.7 Å². The molecule has 0 amide bonds. The molecule has 2 nitrogen and oxygen atoms in total. The van der Waals surface area contributed by atoms with Gasteiger partial charge in [-0.3, -0.25) is 0 Å². The minimum atomic E-state index is -0.560. The van der Waals surface area contributed by atoms with Crippen LogP contribution < -0.4 is 4.74 Å². The first-order chi connectivity index (χ1) is 8.97. The third kappa shape index (κ3) is 3.55. The quantitative estimate of drug-likeness (QED) is 0.781. The molecule has 0 aliphatic heterocycles. The van der Waals surface area contributed by atoms with Crippen LogP contribution in [0.25, 0.3) is 0 Å². The van der Waals surface area contributed by atoms with Crippen molar-refractivity contribution >= 4 is 31.9 Å². The van der Waals surface area contributed by atoms with E-state index in [-0.39, 0.29) is 5.75 Å². The predicted molar refractivity (Wildman–Crippen MR) is 78.9 cm³/mol. The van der Waals surface area contributed by atoms with E-state index in [0.717, 1.165) is 5.56 Å². The van der Waals surface area contributed by atoms with E-state index in [1.165, 1.54) is 6.07 Å². The maximum absolute atomic E-state index is 13.7. The number of ether oxygens (including phenoxy) is 1. The van der Waals surface area contributed by atoms with Crippen LogP contribution in [0.3, 0.4) is 0 Å². The summed E-state index contributed by atoms with van der Waals surface area (Å²) in [6.45, 7) is 1.68. The molecule has 0 radical (unpaired) electrons. The molecule has 2 aromatic rings. The highest BCUT2D eigenvalue weighted by Gasteiger charge is 2.10. The first-order valence-corrected chi connectivity index (χ1v) is 7.16. The van der Waals surface area contributed by atoms with Crippen molar-refractivity contribution in [1.82, 2.24) is 0 Å². The van der Waals surface area contributed by atoms with Crippen molar-refractivity contribution in [1.29, 1.82) is 0 Å². The number of benzene rings is 2. The van der Waals surface area contributed by atoms with Crippen LogP contribution in [0.1, 0.15) is 18.6 Å². The van der Waals surface area contributed by atoms with E-state index in [1.54, 1.807) is 37.3 Å². The lowest BCUT2D eigenvalue weighted by atomic mass is 10.1. The molecular formula is C14H11Br2FO2. The fourth-order valence-electron chi connectivity index (χ4n) is 1.54. The van der Waals surface area contributed by atoms with Crippen molar-refractivity contribution in [3.8, 4) is 11.5 Å². The summed E-state index contributed by atoms with van der Waals surface area (Å²) in [5, 5.41) is 9.48. The molecule has 19 heavy (non-hydrogen) atoms. The van der Waals surface area contributed by atoms with E-state index in [9.17, 15) is 9.50 Å². The molecule has 0 spiro atoms. The van der Waals surface area contributed by atoms with Gasteiger partial charge in [-0.05, 0) is 58.7 Å². The number of halogens is 3. The molecule has 1 N–H and O–H groups in total. The van der Waals surface area contributed by atoms with Gasteiger partial charge < -0.3 is 9.84 Å². The minimum Gasteiger partial charge on any atom is -0.453 e. The Bertz CT molecular complexity index is 600. The van der Waals surface area contributed by atoms with Crippen LogP contribution in [0.15, 0.2) is 45.3 Å². The molecule has 100 valence electrons. The second-order valence-corrected chi connectivity index (χ2v) is 5.81. The Morgan fingerprint density at radius 1 is 1.11 bits per heavy atom. The predicted octanol–water partition coefficient (Wildman–Crippen LogP) is 5.20. The van der Waals surface area contributed by atoms with Crippen molar-refractivity contribution in [2.24, 2.45) is 0 Å². The van der Waals surface area contributed by atoms with Crippen molar-refractivity contribution < 1.29 is 14.2 Å². The van der Waals surface area contributed by atoms with E-state index in [0.29, 0.717) is 14.7 Å². The molecule has 2 aromatic carbocycles. The van der Waals surface area contributed by atoms with Gasteiger partial charge >= 0.3 is 0 Å². The second-order valence-electron chi connectivity index (χ2n) is 4.04. The average molecular weight is 390 g/mol. The molecule has 0 fully saturated rings. The highest BCUT2D eigenvalue weighted by molar-refractivity contribution is 9.10. The summed E-state index contributed by atoms with van der Waals surface area (Å²) < 4.78 is 20.5. The zero-order valence-corrected chi connectivity index (χ0v) is 13.2. The van der Waals surface area contributed by atoms with Gasteiger partial charge in [0.2, 0.25) is 0 Å². The Morgan fingerprint density at radius 2 is 1.79 bits per heavy atom. The zero-order valence-electron chi connectivity index (χ0n) is 10.0. The Labute approximate surface area is 127 Å². The number of hydrogen-bond donors (Lipinski definition) is 1. The first kappa shape index (κ1) is 14.5. The van der Waals surface area contributed by atoms with Gasteiger partial charge in [-0.25, -0.2) is 4.39 Å². The highest BCUT2D eigenvalue weighted by Crippen LogP contribution is 2.33. The molecule has 0 aliphatic rings. The molecule has 0 saturated carbocycles. The SMILES string of the molecule is CC(O)c1ccc(Oc2ccc(Br)cc2F)c(Br)c1. The van der Waals surface area contributed by atoms with Gasteiger partial charge in [0.25, 0.3) is 0 Å². The molecule has 0 heterocycles. The van der Waals surface area contributed by atoms with Crippen LogP contribution in [0, 0.1) is 5.82 Å². The van der Waals surface area contributed by atoms with Crippen molar-refractivity contribution in [2.75, 3.05) is 0 Å². The standard InChI is InChI=1S/C14H11Br2FO2/c1-8(18)9-2-4-13(11(16)6-9)19-14-5-3-10(15)7-12(14)17/h2-8,18H,1H3. The van der Waals surface area contributed by atoms with Gasteiger partial charge in [-0.1, -0.05) is 22.0 Å². The molecule has 0 bridgehead atoms. The topological polar surface area (TPSA) is 29.5 Å². The number of rotatable bonds is 3. The van der Waals surface area contributed by atoms with E-state index in [4.69, 9.17) is 4.74 Å². The molecular weight excluding hydrogens is 379 g/mol. The number of aliphatic hydroxyl groups excluding tert-OH is 1. The summed E-state index contributed by atoms with van der Waals surface area (Å²) in [5.74, 6) is 0.195. The van der Waals surface area contributed by atoms with Crippen LogP contribution in [0.2, 0.25) is 0 Å². The van der Waals surface area contributed by atoms with E-state index < -0.39 is 11.9 Å². The normalized spacial score (nSPS) is 12.3. The van der Waals surface area contributed by atoms with Crippen LogP contribution >= 0.6 is 31.9 Å². The smallest absolute Gasteiger partial charge is 0.166 e. The van der Waals surface area contributed by atoms with Crippen LogP contribution in [-0.4, -0.2) is 5.11 Å². The molecule has 1 atom stereocenters. The third-order valence-corrected chi connectivity index (χ3v) is 3.67. The average Bonchev–Trinajstić information content (AvgIpc) is 2.34. The molecule has 5 heteroatoms. The monoisotopic (exact) mass is 388 g/mol. The zero-order chi connectivity index (χ0) is 14.0. The van der Waals surface area contributed by atoms with Gasteiger partial charge in [-0.15, -0.1) is 0 Å². The number of hydrogen-bond acceptors (Lipinski definition) is 2. The minimum absolute atomic E-state index is 0.147. The lowest BCUT2D eigenvalue weighted by molar-refractivity contribution is 0.199. The first-order valence-electron chi connectivity index (χ1n) is 5.58. The van der Waals surface area contributed by atoms with Crippen LogP contribution in [0.5, 0.6) is 11.5 Å².